The summed E-state index contributed by atoms with van der Waals surface area (Å²) in [6.07, 6.45) is 4.59. The maximum atomic E-state index is 9.32. The van der Waals surface area contributed by atoms with E-state index in [1.54, 1.807) is 25.6 Å². The second kappa shape index (κ2) is 6.42. The van der Waals surface area contributed by atoms with Crippen molar-refractivity contribution in [2.45, 2.75) is 12.5 Å². The van der Waals surface area contributed by atoms with E-state index < -0.39 is 0 Å². The van der Waals surface area contributed by atoms with Crippen molar-refractivity contribution in [2.24, 2.45) is 0 Å². The van der Waals surface area contributed by atoms with E-state index in [9.17, 15) is 5.26 Å². The Morgan fingerprint density at radius 3 is 3.12 bits per heavy atom. The fourth-order valence-electron chi connectivity index (χ4n) is 3.09. The molecule has 1 fully saturated rings. The molecule has 2 N–H and O–H groups in total. The Morgan fingerprint density at radius 2 is 2.36 bits per heavy atom. The van der Waals surface area contributed by atoms with Crippen molar-refractivity contribution in [3.8, 4) is 23.2 Å². The second-order valence-corrected chi connectivity index (χ2v) is 5.98. The molecule has 3 aromatic heterocycles. The monoisotopic (exact) mass is 334 g/mol. The van der Waals surface area contributed by atoms with Crippen molar-refractivity contribution >= 4 is 11.5 Å². The van der Waals surface area contributed by atoms with Crippen LogP contribution in [0, 0.1) is 11.3 Å². The van der Waals surface area contributed by atoms with Gasteiger partial charge in [-0.15, -0.1) is 0 Å². The fraction of sp³-hybridized carbons (Fsp3) is 0.278. The van der Waals surface area contributed by atoms with Gasteiger partial charge in [-0.1, -0.05) is 6.07 Å². The third-order valence-electron chi connectivity index (χ3n) is 4.37. The zero-order valence-electron chi connectivity index (χ0n) is 13.9. The summed E-state index contributed by atoms with van der Waals surface area (Å²) in [7, 11) is 1.55. The zero-order valence-corrected chi connectivity index (χ0v) is 13.9. The van der Waals surface area contributed by atoms with Crippen LogP contribution in [0.1, 0.15) is 12.0 Å². The predicted molar refractivity (Wildman–Crippen MR) is 94.6 cm³/mol. The SMILES string of the molecule is COc1cc2ncc(-c3cccc(NC4CCNC4)n3)n2cc1C#N. The van der Waals surface area contributed by atoms with Crippen LogP contribution < -0.4 is 15.4 Å². The number of anilines is 1. The van der Waals surface area contributed by atoms with E-state index in [1.807, 2.05) is 22.6 Å². The van der Waals surface area contributed by atoms with Gasteiger partial charge in [0.25, 0.3) is 0 Å². The highest BCUT2D eigenvalue weighted by Crippen LogP contribution is 2.25. The largest absolute Gasteiger partial charge is 0.495 e. The minimum absolute atomic E-state index is 0.402. The molecule has 0 amide bonds. The molecule has 1 unspecified atom stereocenters. The number of rotatable bonds is 4. The molecule has 4 rings (SSSR count). The third-order valence-corrected chi connectivity index (χ3v) is 4.37. The maximum absolute atomic E-state index is 9.32. The average Bonchev–Trinajstić information content (AvgIpc) is 3.29. The van der Waals surface area contributed by atoms with Crippen LogP contribution in [-0.4, -0.2) is 40.6 Å². The number of nitrogens with zero attached hydrogens (tertiary/aromatic N) is 4. The molecule has 1 aliphatic rings. The molecule has 4 heterocycles. The molecule has 3 aromatic rings. The van der Waals surface area contributed by atoms with Crippen LogP contribution in [0.5, 0.6) is 5.75 Å². The highest BCUT2D eigenvalue weighted by molar-refractivity contribution is 5.64. The minimum Gasteiger partial charge on any atom is -0.495 e. The Labute approximate surface area is 145 Å². The van der Waals surface area contributed by atoms with E-state index >= 15 is 0 Å². The highest BCUT2D eigenvalue weighted by Gasteiger charge is 2.16. The van der Waals surface area contributed by atoms with Crippen molar-refractivity contribution in [2.75, 3.05) is 25.5 Å². The minimum atomic E-state index is 0.402. The third kappa shape index (κ3) is 2.88. The Kier molecular flexibility index (Phi) is 3.96. The standard InChI is InChI=1S/C18H18N6O/c1-25-16-7-18-21-10-15(24(18)11-12(16)8-19)14-3-2-4-17(23-14)22-13-5-6-20-9-13/h2-4,7,10-11,13,20H,5-6,9H2,1H3,(H,22,23). The number of aromatic nitrogens is 3. The Morgan fingerprint density at radius 1 is 1.44 bits per heavy atom. The molecule has 7 heteroatoms. The number of nitrogens with one attached hydrogen (secondary N) is 2. The van der Waals surface area contributed by atoms with Gasteiger partial charge in [0.05, 0.1) is 24.7 Å². The number of pyridine rings is 2. The molecule has 126 valence electrons. The van der Waals surface area contributed by atoms with Gasteiger partial charge in [-0.25, -0.2) is 9.97 Å². The first-order valence-corrected chi connectivity index (χ1v) is 8.18. The first-order valence-electron chi connectivity index (χ1n) is 8.18. The Bertz CT molecular complexity index is 952. The summed E-state index contributed by atoms with van der Waals surface area (Å²) in [5, 5.41) is 16.1. The molecule has 1 aliphatic heterocycles. The molecular formula is C18H18N6O. The Hall–Kier alpha value is -3.11. The molecule has 0 aliphatic carbocycles. The van der Waals surface area contributed by atoms with E-state index in [1.165, 1.54) is 0 Å². The molecule has 0 radical (unpaired) electrons. The van der Waals surface area contributed by atoms with Crippen LogP contribution in [0.4, 0.5) is 5.82 Å². The first kappa shape index (κ1) is 15.4. The summed E-state index contributed by atoms with van der Waals surface area (Å²) in [5.74, 6) is 1.36. The number of fused-ring (bicyclic) bond motifs is 1. The van der Waals surface area contributed by atoms with Gasteiger partial charge in [0.2, 0.25) is 0 Å². The van der Waals surface area contributed by atoms with Gasteiger partial charge in [0.1, 0.15) is 28.8 Å². The van der Waals surface area contributed by atoms with Crippen molar-refractivity contribution in [3.63, 3.8) is 0 Å². The summed E-state index contributed by atoms with van der Waals surface area (Å²) in [4.78, 5) is 9.13. The smallest absolute Gasteiger partial charge is 0.141 e. The van der Waals surface area contributed by atoms with Crippen LogP contribution in [-0.2, 0) is 0 Å². The number of hydrogen-bond acceptors (Lipinski definition) is 6. The number of imidazole rings is 1. The number of methoxy groups -OCH3 is 1. The summed E-state index contributed by atoms with van der Waals surface area (Å²) >= 11 is 0. The van der Waals surface area contributed by atoms with E-state index in [2.05, 4.69) is 21.7 Å². The summed E-state index contributed by atoms with van der Waals surface area (Å²) in [6, 6.07) is 10.2. The summed E-state index contributed by atoms with van der Waals surface area (Å²) in [5.41, 5.74) is 2.81. The van der Waals surface area contributed by atoms with E-state index in [0.717, 1.165) is 36.7 Å². The maximum Gasteiger partial charge on any atom is 0.141 e. The quantitative estimate of drug-likeness (QED) is 0.759. The number of ether oxygens (including phenoxy) is 1. The van der Waals surface area contributed by atoms with E-state index in [-0.39, 0.29) is 0 Å². The molecular weight excluding hydrogens is 316 g/mol. The van der Waals surface area contributed by atoms with Crippen LogP contribution in [0.15, 0.2) is 36.7 Å². The number of nitriles is 1. The van der Waals surface area contributed by atoms with Gasteiger partial charge in [-0.3, -0.25) is 4.40 Å². The van der Waals surface area contributed by atoms with Crippen LogP contribution >= 0.6 is 0 Å². The molecule has 7 nitrogen and oxygen atoms in total. The van der Waals surface area contributed by atoms with Gasteiger partial charge >= 0.3 is 0 Å². The van der Waals surface area contributed by atoms with E-state index in [4.69, 9.17) is 9.72 Å². The van der Waals surface area contributed by atoms with Crippen LogP contribution in [0.3, 0.4) is 0 Å². The van der Waals surface area contributed by atoms with Gasteiger partial charge in [-0.05, 0) is 25.1 Å². The molecule has 0 spiro atoms. The van der Waals surface area contributed by atoms with Crippen LogP contribution in [0.25, 0.3) is 17.0 Å². The highest BCUT2D eigenvalue weighted by atomic mass is 16.5. The van der Waals surface area contributed by atoms with Crippen molar-refractivity contribution in [1.82, 2.24) is 19.7 Å². The average molecular weight is 334 g/mol. The molecule has 0 saturated carbocycles. The zero-order chi connectivity index (χ0) is 17.2. The topological polar surface area (TPSA) is 87.3 Å². The molecule has 1 atom stereocenters. The van der Waals surface area contributed by atoms with E-state index in [0.29, 0.717) is 23.0 Å². The lowest BCUT2D eigenvalue weighted by Crippen LogP contribution is -2.22. The van der Waals surface area contributed by atoms with Gasteiger partial charge in [0, 0.05) is 24.8 Å². The second-order valence-electron chi connectivity index (χ2n) is 5.98. The molecule has 0 aromatic carbocycles. The van der Waals surface area contributed by atoms with Gasteiger partial charge < -0.3 is 15.4 Å². The summed E-state index contributed by atoms with van der Waals surface area (Å²) < 4.78 is 7.11. The lowest BCUT2D eigenvalue weighted by molar-refractivity contribution is 0.413. The van der Waals surface area contributed by atoms with Crippen molar-refractivity contribution < 1.29 is 4.74 Å². The molecule has 25 heavy (non-hydrogen) atoms. The Balaban J connectivity index is 1.73. The molecule has 0 bridgehead atoms. The predicted octanol–water partition coefficient (Wildman–Crippen LogP) is 2.05. The lowest BCUT2D eigenvalue weighted by atomic mass is 10.2. The first-order chi connectivity index (χ1) is 12.3. The van der Waals surface area contributed by atoms with Crippen LogP contribution in [0.2, 0.25) is 0 Å². The van der Waals surface area contributed by atoms with Gasteiger partial charge in [0.15, 0.2) is 0 Å². The lowest BCUT2D eigenvalue weighted by Gasteiger charge is -2.13. The number of hydrogen-bond donors (Lipinski definition) is 2. The normalized spacial score (nSPS) is 16.7. The molecule has 1 saturated heterocycles. The van der Waals surface area contributed by atoms with Crippen molar-refractivity contribution in [1.29, 1.82) is 5.26 Å². The summed E-state index contributed by atoms with van der Waals surface area (Å²) in [6.45, 7) is 1.98. The van der Waals surface area contributed by atoms with Crippen molar-refractivity contribution in [3.05, 3.63) is 42.2 Å². The fourth-order valence-corrected chi connectivity index (χ4v) is 3.09. The van der Waals surface area contributed by atoms with Gasteiger partial charge in [-0.2, -0.15) is 5.26 Å².